The molecule has 0 saturated heterocycles. The number of rotatable bonds is 5. The Morgan fingerprint density at radius 1 is 1.23 bits per heavy atom. The van der Waals surface area contributed by atoms with E-state index < -0.39 is 0 Å². The van der Waals surface area contributed by atoms with E-state index in [2.05, 4.69) is 25.6 Å². The Morgan fingerprint density at radius 3 is 2.94 bits per heavy atom. The molecule has 1 fully saturated rings. The van der Waals surface area contributed by atoms with E-state index in [1.807, 2.05) is 31.5 Å². The SMILES string of the molecule is CCOC1CCC(Nc2ncc3c(-c4ccc5c(c4)OCCNC5=O)c[nH]c3n2)CC1. The molecule has 3 heterocycles. The van der Waals surface area contributed by atoms with Gasteiger partial charge in [0.2, 0.25) is 5.95 Å². The van der Waals surface area contributed by atoms with Crippen LogP contribution < -0.4 is 15.4 Å². The zero-order valence-electron chi connectivity index (χ0n) is 17.6. The maximum Gasteiger partial charge on any atom is 0.255 e. The number of amides is 1. The average Bonchev–Trinajstić information content (AvgIpc) is 3.12. The Morgan fingerprint density at radius 2 is 2.10 bits per heavy atom. The third-order valence-corrected chi connectivity index (χ3v) is 6.02. The highest BCUT2D eigenvalue weighted by atomic mass is 16.5. The summed E-state index contributed by atoms with van der Waals surface area (Å²) in [6.45, 7) is 3.79. The van der Waals surface area contributed by atoms with Crippen molar-refractivity contribution in [3.05, 3.63) is 36.2 Å². The van der Waals surface area contributed by atoms with Gasteiger partial charge < -0.3 is 25.1 Å². The van der Waals surface area contributed by atoms with Crippen LogP contribution in [0.25, 0.3) is 22.2 Å². The fraction of sp³-hybridized carbons (Fsp3) is 0.435. The van der Waals surface area contributed by atoms with E-state index in [9.17, 15) is 4.79 Å². The molecule has 1 saturated carbocycles. The number of aromatic amines is 1. The predicted molar refractivity (Wildman–Crippen MR) is 118 cm³/mol. The molecule has 1 aliphatic heterocycles. The van der Waals surface area contributed by atoms with Gasteiger partial charge in [-0.1, -0.05) is 6.07 Å². The van der Waals surface area contributed by atoms with Crippen LogP contribution in [0.1, 0.15) is 43.0 Å². The molecule has 1 aliphatic carbocycles. The predicted octanol–water partition coefficient (Wildman–Crippen LogP) is 3.51. The number of ether oxygens (including phenoxy) is 2. The summed E-state index contributed by atoms with van der Waals surface area (Å²) in [6, 6.07) is 6.01. The van der Waals surface area contributed by atoms with Crippen molar-refractivity contribution in [1.82, 2.24) is 20.3 Å². The number of H-pyrrole nitrogens is 1. The van der Waals surface area contributed by atoms with Crippen LogP contribution in [0.3, 0.4) is 0 Å². The number of carbonyl (C=O) groups is 1. The molecule has 3 aromatic rings. The first-order chi connectivity index (χ1) is 15.2. The second-order valence-corrected chi connectivity index (χ2v) is 8.05. The largest absolute Gasteiger partial charge is 0.491 e. The van der Waals surface area contributed by atoms with Gasteiger partial charge in [0, 0.05) is 36.0 Å². The standard InChI is InChI=1S/C23H27N5O3/c1-2-30-16-6-4-15(5-7-16)27-23-26-13-19-18(12-25-21(19)28-23)14-3-8-17-20(11-14)31-10-9-24-22(17)29/h3,8,11-13,15-16H,2,4-7,9-10H2,1H3,(H,24,29)(H2,25,26,27,28). The second-order valence-electron chi connectivity index (χ2n) is 8.05. The van der Waals surface area contributed by atoms with Gasteiger partial charge in [0.1, 0.15) is 18.0 Å². The van der Waals surface area contributed by atoms with Crippen LogP contribution >= 0.6 is 0 Å². The highest BCUT2D eigenvalue weighted by Gasteiger charge is 2.22. The minimum Gasteiger partial charge on any atom is -0.491 e. The lowest BCUT2D eigenvalue weighted by Crippen LogP contribution is -2.30. The monoisotopic (exact) mass is 421 g/mol. The maximum atomic E-state index is 12.1. The Kier molecular flexibility index (Phi) is 5.46. The first kappa shape index (κ1) is 19.8. The van der Waals surface area contributed by atoms with E-state index in [1.165, 1.54) is 0 Å². The van der Waals surface area contributed by atoms with Crippen LogP contribution in [0.5, 0.6) is 5.75 Å². The number of hydrogen-bond donors (Lipinski definition) is 3. The van der Waals surface area contributed by atoms with E-state index in [4.69, 9.17) is 9.47 Å². The highest BCUT2D eigenvalue weighted by molar-refractivity contribution is 5.99. The van der Waals surface area contributed by atoms with E-state index in [-0.39, 0.29) is 5.91 Å². The van der Waals surface area contributed by atoms with Gasteiger partial charge in [-0.15, -0.1) is 0 Å². The number of benzene rings is 1. The van der Waals surface area contributed by atoms with Gasteiger partial charge in [-0.3, -0.25) is 4.79 Å². The normalized spacial score (nSPS) is 21.1. The van der Waals surface area contributed by atoms with Gasteiger partial charge in [-0.25, -0.2) is 4.98 Å². The number of nitrogens with zero attached hydrogens (tertiary/aromatic N) is 2. The summed E-state index contributed by atoms with van der Waals surface area (Å²) in [4.78, 5) is 24.6. The smallest absolute Gasteiger partial charge is 0.255 e. The minimum absolute atomic E-state index is 0.104. The molecule has 0 unspecified atom stereocenters. The van der Waals surface area contributed by atoms with E-state index in [1.54, 1.807) is 6.07 Å². The number of carbonyl (C=O) groups excluding carboxylic acids is 1. The van der Waals surface area contributed by atoms with Gasteiger partial charge in [0.05, 0.1) is 18.2 Å². The third kappa shape index (κ3) is 4.07. The molecular weight excluding hydrogens is 394 g/mol. The number of hydrogen-bond acceptors (Lipinski definition) is 6. The molecule has 0 radical (unpaired) electrons. The Balaban J connectivity index is 1.34. The maximum absolute atomic E-state index is 12.1. The Hall–Kier alpha value is -3.13. The summed E-state index contributed by atoms with van der Waals surface area (Å²) >= 11 is 0. The van der Waals surface area contributed by atoms with Crippen molar-refractivity contribution in [2.45, 2.75) is 44.8 Å². The fourth-order valence-electron chi connectivity index (χ4n) is 4.43. The summed E-state index contributed by atoms with van der Waals surface area (Å²) in [7, 11) is 0. The molecule has 31 heavy (non-hydrogen) atoms. The molecule has 0 spiro atoms. The van der Waals surface area contributed by atoms with Gasteiger partial charge in [-0.2, -0.15) is 4.98 Å². The lowest BCUT2D eigenvalue weighted by molar-refractivity contribution is 0.0346. The van der Waals surface area contributed by atoms with Crippen molar-refractivity contribution in [1.29, 1.82) is 0 Å². The lowest BCUT2D eigenvalue weighted by atomic mass is 9.93. The second kappa shape index (κ2) is 8.55. The van der Waals surface area contributed by atoms with Crippen LogP contribution in [0.4, 0.5) is 5.95 Å². The van der Waals surface area contributed by atoms with E-state index in [0.717, 1.165) is 54.5 Å². The minimum atomic E-state index is -0.104. The molecule has 1 aromatic carbocycles. The van der Waals surface area contributed by atoms with Crippen LogP contribution in [0, 0.1) is 0 Å². The number of fused-ring (bicyclic) bond motifs is 2. The van der Waals surface area contributed by atoms with Gasteiger partial charge in [-0.05, 0) is 50.3 Å². The topological polar surface area (TPSA) is 101 Å². The van der Waals surface area contributed by atoms with Crippen LogP contribution in [0.15, 0.2) is 30.6 Å². The van der Waals surface area contributed by atoms with Crippen molar-refractivity contribution in [2.24, 2.45) is 0 Å². The van der Waals surface area contributed by atoms with Crippen molar-refractivity contribution >= 4 is 22.9 Å². The molecule has 0 bridgehead atoms. The quantitative estimate of drug-likeness (QED) is 0.583. The Labute approximate surface area is 180 Å². The molecule has 1 amide bonds. The molecule has 5 rings (SSSR count). The number of anilines is 1. The summed E-state index contributed by atoms with van der Waals surface area (Å²) < 4.78 is 11.5. The van der Waals surface area contributed by atoms with Crippen molar-refractivity contribution in [3.8, 4) is 16.9 Å². The molecule has 8 nitrogen and oxygen atoms in total. The first-order valence-corrected chi connectivity index (χ1v) is 11.0. The highest BCUT2D eigenvalue weighted by Crippen LogP contribution is 2.33. The molecule has 2 aromatic heterocycles. The molecule has 3 N–H and O–H groups in total. The summed E-state index contributed by atoms with van der Waals surface area (Å²) in [6.07, 6.45) is 8.41. The zero-order chi connectivity index (χ0) is 21.2. The molecular formula is C23H27N5O3. The lowest BCUT2D eigenvalue weighted by Gasteiger charge is -2.28. The van der Waals surface area contributed by atoms with E-state index in [0.29, 0.717) is 42.6 Å². The Bertz CT molecular complexity index is 1090. The zero-order valence-corrected chi connectivity index (χ0v) is 17.6. The number of aromatic nitrogens is 3. The third-order valence-electron chi connectivity index (χ3n) is 6.02. The van der Waals surface area contributed by atoms with Crippen molar-refractivity contribution < 1.29 is 14.3 Å². The number of nitrogens with one attached hydrogen (secondary N) is 3. The fourth-order valence-corrected chi connectivity index (χ4v) is 4.43. The average molecular weight is 422 g/mol. The van der Waals surface area contributed by atoms with E-state index >= 15 is 0 Å². The summed E-state index contributed by atoms with van der Waals surface area (Å²) in [5, 5.41) is 7.24. The van der Waals surface area contributed by atoms with Gasteiger partial charge in [0.15, 0.2) is 0 Å². The molecule has 162 valence electrons. The van der Waals surface area contributed by atoms with Crippen LogP contribution in [-0.2, 0) is 4.74 Å². The summed E-state index contributed by atoms with van der Waals surface area (Å²) in [5.41, 5.74) is 3.28. The van der Waals surface area contributed by atoms with Crippen molar-refractivity contribution in [2.75, 3.05) is 25.1 Å². The van der Waals surface area contributed by atoms with Crippen molar-refractivity contribution in [3.63, 3.8) is 0 Å². The summed E-state index contributed by atoms with van der Waals surface area (Å²) in [5.74, 6) is 1.14. The molecule has 0 atom stereocenters. The molecule has 2 aliphatic rings. The molecule has 8 heteroatoms. The van der Waals surface area contributed by atoms with Gasteiger partial charge >= 0.3 is 0 Å². The van der Waals surface area contributed by atoms with Crippen LogP contribution in [0.2, 0.25) is 0 Å². The first-order valence-electron chi connectivity index (χ1n) is 11.0. The van der Waals surface area contributed by atoms with Gasteiger partial charge in [0.25, 0.3) is 5.91 Å². The van der Waals surface area contributed by atoms with Crippen LogP contribution in [-0.4, -0.2) is 52.8 Å².